The van der Waals surface area contributed by atoms with Gasteiger partial charge in [-0.25, -0.2) is 0 Å². The molecule has 3 fully saturated rings. The number of benzene rings is 2. The largest absolute Gasteiger partial charge is 0.490 e. The monoisotopic (exact) mass is 420 g/mol. The van der Waals surface area contributed by atoms with E-state index in [4.69, 9.17) is 4.74 Å². The molecule has 2 heterocycles. The van der Waals surface area contributed by atoms with Crippen molar-refractivity contribution >= 4 is 10.8 Å². The molecule has 3 aliphatic rings. The van der Waals surface area contributed by atoms with Crippen molar-refractivity contribution in [2.75, 3.05) is 26.2 Å². The van der Waals surface area contributed by atoms with Crippen LogP contribution in [0.25, 0.3) is 10.8 Å². The molecular formula is C28H40N2O. The zero-order chi connectivity index (χ0) is 21.5. The van der Waals surface area contributed by atoms with Crippen LogP contribution >= 0.6 is 0 Å². The van der Waals surface area contributed by atoms with E-state index in [9.17, 15) is 0 Å². The molecule has 1 N–H and O–H groups in total. The molecule has 0 aromatic heterocycles. The Hall–Kier alpha value is -1.58. The van der Waals surface area contributed by atoms with Crippen molar-refractivity contribution in [2.24, 2.45) is 16.7 Å². The summed E-state index contributed by atoms with van der Waals surface area (Å²) in [4.78, 5) is 2.62. The number of likely N-dealkylation sites (tertiary alicyclic amines) is 1. The van der Waals surface area contributed by atoms with E-state index in [0.29, 0.717) is 16.9 Å². The Morgan fingerprint density at radius 3 is 2.32 bits per heavy atom. The predicted octanol–water partition coefficient (Wildman–Crippen LogP) is 6.01. The molecule has 0 bridgehead atoms. The third-order valence-corrected chi connectivity index (χ3v) is 8.27. The van der Waals surface area contributed by atoms with Gasteiger partial charge in [0.15, 0.2) is 0 Å². The third-order valence-electron chi connectivity index (χ3n) is 8.27. The minimum absolute atomic E-state index is 0.379. The quantitative estimate of drug-likeness (QED) is 0.656. The van der Waals surface area contributed by atoms with Gasteiger partial charge in [-0.2, -0.15) is 0 Å². The van der Waals surface area contributed by atoms with Crippen molar-refractivity contribution in [3.05, 3.63) is 42.0 Å². The standard InChI is InChI=1S/C28H40N2O/c1-27(2,3)24-7-10-25(11-8-24)31-26-9-6-22-16-21(4-5-23(22)17-26)18-30-19-28(20-30)12-14-29-15-13-28/h4-6,9,16-17,24-25,29H,7-8,10-15,18-20H2,1-3H3. The first-order valence-electron chi connectivity index (χ1n) is 12.5. The van der Waals surface area contributed by atoms with Crippen molar-refractivity contribution in [1.29, 1.82) is 0 Å². The van der Waals surface area contributed by atoms with Crippen LogP contribution in [0.1, 0.15) is 64.9 Å². The average Bonchev–Trinajstić information content (AvgIpc) is 2.73. The van der Waals surface area contributed by atoms with Crippen LogP contribution in [0.15, 0.2) is 36.4 Å². The van der Waals surface area contributed by atoms with Crippen LogP contribution in [-0.4, -0.2) is 37.2 Å². The first-order chi connectivity index (χ1) is 14.9. The van der Waals surface area contributed by atoms with E-state index in [1.807, 2.05) is 0 Å². The number of nitrogens with one attached hydrogen (secondary N) is 1. The maximum atomic E-state index is 6.40. The van der Waals surface area contributed by atoms with Crippen LogP contribution in [0.2, 0.25) is 0 Å². The summed E-state index contributed by atoms with van der Waals surface area (Å²) in [6, 6.07) is 13.6. The number of fused-ring (bicyclic) bond motifs is 1. The summed E-state index contributed by atoms with van der Waals surface area (Å²) in [5.41, 5.74) is 2.47. The van der Waals surface area contributed by atoms with Gasteiger partial charge in [0.25, 0.3) is 0 Å². The van der Waals surface area contributed by atoms with Gasteiger partial charge in [-0.15, -0.1) is 0 Å². The Bertz CT molecular complexity index is 893. The highest BCUT2D eigenvalue weighted by Gasteiger charge is 2.42. The molecule has 5 rings (SSSR count). The minimum Gasteiger partial charge on any atom is -0.490 e. The number of piperidine rings is 1. The van der Waals surface area contributed by atoms with E-state index >= 15 is 0 Å². The molecule has 0 unspecified atom stereocenters. The van der Waals surface area contributed by atoms with Gasteiger partial charge >= 0.3 is 0 Å². The molecule has 2 aliphatic heterocycles. The highest BCUT2D eigenvalue weighted by Crippen LogP contribution is 2.40. The lowest BCUT2D eigenvalue weighted by Crippen LogP contribution is -2.59. The second kappa shape index (κ2) is 8.41. The van der Waals surface area contributed by atoms with Crippen LogP contribution in [-0.2, 0) is 6.54 Å². The predicted molar refractivity (Wildman–Crippen MR) is 130 cm³/mol. The Kier molecular flexibility index (Phi) is 5.77. The molecule has 31 heavy (non-hydrogen) atoms. The molecule has 2 saturated heterocycles. The molecule has 2 aromatic carbocycles. The Morgan fingerprint density at radius 2 is 1.61 bits per heavy atom. The average molecular weight is 421 g/mol. The molecule has 0 amide bonds. The van der Waals surface area contributed by atoms with Crippen LogP contribution in [0.5, 0.6) is 5.75 Å². The van der Waals surface area contributed by atoms with Crippen molar-refractivity contribution in [3.8, 4) is 5.75 Å². The summed E-state index contributed by atoms with van der Waals surface area (Å²) < 4.78 is 6.40. The lowest BCUT2D eigenvalue weighted by Gasteiger charge is -2.52. The van der Waals surface area contributed by atoms with Crippen molar-refractivity contribution < 1.29 is 4.74 Å². The summed E-state index contributed by atoms with van der Waals surface area (Å²) >= 11 is 0. The fourth-order valence-corrected chi connectivity index (χ4v) is 6.23. The maximum Gasteiger partial charge on any atom is 0.120 e. The second-order valence-corrected chi connectivity index (χ2v) is 11.7. The van der Waals surface area contributed by atoms with Crippen LogP contribution in [0.3, 0.4) is 0 Å². The Morgan fingerprint density at radius 1 is 0.935 bits per heavy atom. The summed E-state index contributed by atoms with van der Waals surface area (Å²) in [5, 5.41) is 6.13. The zero-order valence-corrected chi connectivity index (χ0v) is 19.8. The van der Waals surface area contributed by atoms with Crippen LogP contribution in [0.4, 0.5) is 0 Å². The minimum atomic E-state index is 0.379. The SMILES string of the molecule is CC(C)(C)C1CCC(Oc2ccc3cc(CN4CC5(CCNCC5)C4)ccc3c2)CC1. The fourth-order valence-electron chi connectivity index (χ4n) is 6.23. The van der Waals surface area contributed by atoms with E-state index in [2.05, 4.69) is 67.4 Å². The fraction of sp³-hybridized carbons (Fsp3) is 0.643. The maximum absolute atomic E-state index is 6.40. The lowest BCUT2D eigenvalue weighted by atomic mass is 9.72. The normalized spacial score (nSPS) is 26.7. The summed E-state index contributed by atoms with van der Waals surface area (Å²) in [7, 11) is 0. The first-order valence-corrected chi connectivity index (χ1v) is 12.5. The lowest BCUT2D eigenvalue weighted by molar-refractivity contribution is -0.0282. The van der Waals surface area contributed by atoms with Gasteiger partial charge in [-0.05, 0) is 103 Å². The van der Waals surface area contributed by atoms with Gasteiger partial charge in [-0.1, -0.05) is 39.0 Å². The smallest absolute Gasteiger partial charge is 0.120 e. The highest BCUT2D eigenvalue weighted by molar-refractivity contribution is 5.84. The first kappa shape index (κ1) is 21.3. The topological polar surface area (TPSA) is 24.5 Å². The summed E-state index contributed by atoms with van der Waals surface area (Å²) in [5.74, 6) is 1.87. The molecule has 1 aliphatic carbocycles. The highest BCUT2D eigenvalue weighted by atomic mass is 16.5. The number of hydrogen-bond donors (Lipinski definition) is 1. The van der Waals surface area contributed by atoms with E-state index in [0.717, 1.165) is 18.2 Å². The molecule has 1 saturated carbocycles. The third kappa shape index (κ3) is 4.78. The van der Waals surface area contributed by atoms with Gasteiger partial charge in [0.1, 0.15) is 5.75 Å². The molecule has 0 atom stereocenters. The summed E-state index contributed by atoms with van der Waals surface area (Å²) in [6.07, 6.45) is 8.03. The van der Waals surface area contributed by atoms with E-state index < -0.39 is 0 Å². The number of nitrogens with zero attached hydrogens (tertiary/aromatic N) is 1. The van der Waals surface area contributed by atoms with Crippen molar-refractivity contribution in [1.82, 2.24) is 10.2 Å². The van der Waals surface area contributed by atoms with E-state index in [1.165, 1.54) is 81.0 Å². The van der Waals surface area contributed by atoms with Gasteiger partial charge in [-0.3, -0.25) is 4.90 Å². The van der Waals surface area contributed by atoms with Crippen molar-refractivity contribution in [2.45, 2.75) is 71.9 Å². The molecule has 3 heteroatoms. The number of rotatable bonds is 4. The Labute approximate surface area is 188 Å². The molecule has 3 nitrogen and oxygen atoms in total. The molecule has 0 radical (unpaired) electrons. The number of hydrogen-bond acceptors (Lipinski definition) is 3. The van der Waals surface area contributed by atoms with Gasteiger partial charge in [0.05, 0.1) is 6.10 Å². The molecular weight excluding hydrogens is 380 g/mol. The van der Waals surface area contributed by atoms with Gasteiger partial charge in [0.2, 0.25) is 0 Å². The van der Waals surface area contributed by atoms with Gasteiger partial charge in [0, 0.05) is 19.6 Å². The van der Waals surface area contributed by atoms with E-state index in [-0.39, 0.29) is 0 Å². The van der Waals surface area contributed by atoms with Crippen LogP contribution < -0.4 is 10.1 Å². The van der Waals surface area contributed by atoms with Crippen molar-refractivity contribution in [3.63, 3.8) is 0 Å². The van der Waals surface area contributed by atoms with Gasteiger partial charge < -0.3 is 10.1 Å². The molecule has 1 spiro atoms. The molecule has 2 aromatic rings. The molecule has 168 valence electrons. The number of ether oxygens (including phenoxy) is 1. The zero-order valence-electron chi connectivity index (χ0n) is 19.8. The van der Waals surface area contributed by atoms with E-state index in [1.54, 1.807) is 0 Å². The summed E-state index contributed by atoms with van der Waals surface area (Å²) in [6.45, 7) is 13.2. The van der Waals surface area contributed by atoms with Crippen LogP contribution in [0, 0.1) is 16.7 Å². The second-order valence-electron chi connectivity index (χ2n) is 11.7. The Balaban J connectivity index is 1.17.